The van der Waals surface area contributed by atoms with Crippen LogP contribution in [0.5, 0.6) is 0 Å². The minimum Gasteiger partial charge on any atom is -0.451 e. The summed E-state index contributed by atoms with van der Waals surface area (Å²) < 4.78 is 6.54. The summed E-state index contributed by atoms with van der Waals surface area (Å²) >= 11 is 0. The first-order valence-corrected chi connectivity index (χ1v) is 10.3. The van der Waals surface area contributed by atoms with Gasteiger partial charge in [-0.3, -0.25) is 9.59 Å². The van der Waals surface area contributed by atoms with Gasteiger partial charge < -0.3 is 10.1 Å². The molecular weight excluding hydrogens is 370 g/mol. The third-order valence-corrected chi connectivity index (χ3v) is 5.39. The Morgan fingerprint density at radius 1 is 1.21 bits per heavy atom. The van der Waals surface area contributed by atoms with Crippen molar-refractivity contribution in [3.05, 3.63) is 40.3 Å². The van der Waals surface area contributed by atoms with Crippen molar-refractivity contribution in [1.29, 1.82) is 0 Å². The normalized spacial score (nSPS) is 19.3. The second-order valence-corrected chi connectivity index (χ2v) is 8.29. The molecule has 2 atom stereocenters. The number of nitrogens with zero attached hydrogens (tertiary/aromatic N) is 2. The lowest BCUT2D eigenvalue weighted by molar-refractivity contribution is -0.125. The molecule has 7 nitrogen and oxygen atoms in total. The highest BCUT2D eigenvalue weighted by molar-refractivity contribution is 6.02. The van der Waals surface area contributed by atoms with Crippen LogP contribution in [-0.4, -0.2) is 34.3 Å². The Morgan fingerprint density at radius 3 is 2.59 bits per heavy atom. The van der Waals surface area contributed by atoms with Gasteiger partial charge in [-0.25, -0.2) is 9.48 Å². The van der Waals surface area contributed by atoms with Gasteiger partial charge in [0, 0.05) is 18.0 Å². The van der Waals surface area contributed by atoms with E-state index in [0.717, 1.165) is 19.3 Å². The minimum atomic E-state index is -0.703. The van der Waals surface area contributed by atoms with Crippen molar-refractivity contribution < 1.29 is 14.3 Å². The summed E-state index contributed by atoms with van der Waals surface area (Å²) in [6, 6.07) is 6.96. The summed E-state index contributed by atoms with van der Waals surface area (Å²) in [5.74, 6) is -0.399. The third kappa shape index (κ3) is 5.02. The lowest BCUT2D eigenvalue weighted by atomic mass is 9.86. The van der Waals surface area contributed by atoms with Crippen LogP contribution in [-0.2, 0) is 16.1 Å². The predicted octanol–water partition coefficient (Wildman–Crippen LogP) is 2.90. The van der Waals surface area contributed by atoms with E-state index in [-0.39, 0.29) is 35.7 Å². The number of fused-ring (bicyclic) bond motifs is 1. The molecule has 0 spiro atoms. The van der Waals surface area contributed by atoms with Crippen LogP contribution in [0.25, 0.3) is 10.8 Å². The molecule has 1 N–H and O–H groups in total. The molecule has 0 bridgehead atoms. The average molecular weight is 399 g/mol. The summed E-state index contributed by atoms with van der Waals surface area (Å²) in [6.45, 7) is 6.10. The number of amides is 1. The van der Waals surface area contributed by atoms with Crippen molar-refractivity contribution in [2.45, 2.75) is 59.0 Å². The maximum Gasteiger partial charge on any atom is 0.359 e. The molecule has 1 aliphatic rings. The first kappa shape index (κ1) is 21.0. The Hall–Kier alpha value is -2.70. The van der Waals surface area contributed by atoms with Crippen LogP contribution in [0.2, 0.25) is 0 Å². The topological polar surface area (TPSA) is 90.3 Å². The Balaban J connectivity index is 1.75. The van der Waals surface area contributed by atoms with Gasteiger partial charge in [0.25, 0.3) is 11.5 Å². The van der Waals surface area contributed by atoms with E-state index in [9.17, 15) is 14.4 Å². The smallest absolute Gasteiger partial charge is 0.359 e. The molecule has 1 aromatic heterocycles. The number of hydrogen-bond acceptors (Lipinski definition) is 5. The average Bonchev–Trinajstić information content (AvgIpc) is 2.70. The van der Waals surface area contributed by atoms with E-state index in [2.05, 4.69) is 17.3 Å². The molecule has 1 saturated carbocycles. The van der Waals surface area contributed by atoms with Gasteiger partial charge in [0.15, 0.2) is 12.3 Å². The molecule has 1 fully saturated rings. The molecule has 156 valence electrons. The number of carbonyl (C=O) groups is 2. The van der Waals surface area contributed by atoms with Crippen molar-refractivity contribution in [3.63, 3.8) is 0 Å². The SMILES string of the molecule is CC(C)Cn1nc(C(=O)OCC(=O)N[C@H]2CCCC[C@@H]2C)c2ccccc2c1=O. The standard InChI is InChI=1S/C22H29N3O4/c1-14(2)12-25-21(27)17-10-6-5-9-16(17)20(24-25)22(28)29-13-19(26)23-18-11-7-4-8-15(18)3/h5-6,9-10,14-15,18H,4,7-8,11-13H2,1-3H3,(H,23,26)/t15-,18-/m0/s1. The lowest BCUT2D eigenvalue weighted by Crippen LogP contribution is -2.43. The second kappa shape index (κ2) is 9.20. The maximum absolute atomic E-state index is 12.7. The van der Waals surface area contributed by atoms with Gasteiger partial charge in [-0.15, -0.1) is 0 Å². The zero-order valence-electron chi connectivity index (χ0n) is 17.3. The molecule has 0 radical (unpaired) electrons. The van der Waals surface area contributed by atoms with Crippen LogP contribution in [0.4, 0.5) is 0 Å². The van der Waals surface area contributed by atoms with E-state index in [1.165, 1.54) is 11.1 Å². The fourth-order valence-electron chi connectivity index (χ4n) is 3.83. The highest BCUT2D eigenvalue weighted by Gasteiger charge is 2.24. The number of benzene rings is 1. The van der Waals surface area contributed by atoms with Gasteiger partial charge in [-0.05, 0) is 30.7 Å². The van der Waals surface area contributed by atoms with E-state index in [0.29, 0.717) is 23.2 Å². The molecule has 0 saturated heterocycles. The van der Waals surface area contributed by atoms with E-state index in [4.69, 9.17) is 4.74 Å². The minimum absolute atomic E-state index is 0.0553. The molecule has 0 aliphatic heterocycles. The maximum atomic E-state index is 12.7. The van der Waals surface area contributed by atoms with Crippen molar-refractivity contribution in [2.75, 3.05) is 6.61 Å². The molecule has 1 amide bonds. The molecular formula is C22H29N3O4. The van der Waals surface area contributed by atoms with Crippen LogP contribution in [0.15, 0.2) is 29.1 Å². The number of nitrogens with one attached hydrogen (secondary N) is 1. The molecule has 1 aromatic carbocycles. The van der Waals surface area contributed by atoms with Gasteiger partial charge in [-0.2, -0.15) is 5.10 Å². The third-order valence-electron chi connectivity index (χ3n) is 5.39. The summed E-state index contributed by atoms with van der Waals surface area (Å²) in [5.41, 5.74) is -0.186. The summed E-state index contributed by atoms with van der Waals surface area (Å²) in [7, 11) is 0. The number of esters is 1. The Morgan fingerprint density at radius 2 is 1.90 bits per heavy atom. The lowest BCUT2D eigenvalue weighted by Gasteiger charge is -2.29. The molecule has 2 aromatic rings. The fraction of sp³-hybridized carbons (Fsp3) is 0.545. The zero-order valence-corrected chi connectivity index (χ0v) is 17.3. The quantitative estimate of drug-likeness (QED) is 0.755. The fourth-order valence-corrected chi connectivity index (χ4v) is 3.83. The first-order chi connectivity index (χ1) is 13.9. The van der Waals surface area contributed by atoms with E-state index < -0.39 is 5.97 Å². The number of hydrogen-bond donors (Lipinski definition) is 1. The Labute approximate surface area is 170 Å². The highest BCUT2D eigenvalue weighted by Crippen LogP contribution is 2.23. The van der Waals surface area contributed by atoms with E-state index >= 15 is 0 Å². The van der Waals surface area contributed by atoms with Crippen LogP contribution < -0.4 is 10.9 Å². The van der Waals surface area contributed by atoms with Crippen LogP contribution in [0.1, 0.15) is 56.9 Å². The number of ether oxygens (including phenoxy) is 1. The molecule has 1 heterocycles. The van der Waals surface area contributed by atoms with Crippen LogP contribution in [0, 0.1) is 11.8 Å². The first-order valence-electron chi connectivity index (χ1n) is 10.3. The van der Waals surface area contributed by atoms with Crippen LogP contribution >= 0.6 is 0 Å². The van der Waals surface area contributed by atoms with Crippen molar-refractivity contribution in [3.8, 4) is 0 Å². The van der Waals surface area contributed by atoms with Gasteiger partial charge >= 0.3 is 5.97 Å². The molecule has 1 aliphatic carbocycles. The van der Waals surface area contributed by atoms with E-state index in [1.54, 1.807) is 24.3 Å². The molecule has 3 rings (SSSR count). The van der Waals surface area contributed by atoms with Crippen molar-refractivity contribution in [2.24, 2.45) is 11.8 Å². The molecule has 29 heavy (non-hydrogen) atoms. The van der Waals surface area contributed by atoms with Crippen LogP contribution in [0.3, 0.4) is 0 Å². The molecule has 7 heteroatoms. The number of carbonyl (C=O) groups excluding carboxylic acids is 2. The largest absolute Gasteiger partial charge is 0.451 e. The van der Waals surface area contributed by atoms with E-state index in [1.807, 2.05) is 13.8 Å². The second-order valence-electron chi connectivity index (χ2n) is 8.29. The zero-order chi connectivity index (χ0) is 21.0. The summed E-state index contributed by atoms with van der Waals surface area (Å²) in [6.07, 6.45) is 4.33. The van der Waals surface area contributed by atoms with Gasteiger partial charge in [-0.1, -0.05) is 51.8 Å². The highest BCUT2D eigenvalue weighted by atomic mass is 16.5. The van der Waals surface area contributed by atoms with Crippen molar-refractivity contribution in [1.82, 2.24) is 15.1 Å². The van der Waals surface area contributed by atoms with Gasteiger partial charge in [0.1, 0.15) is 0 Å². The number of aromatic nitrogens is 2. The molecule has 0 unspecified atom stereocenters. The Kier molecular flexibility index (Phi) is 6.67. The van der Waals surface area contributed by atoms with Gasteiger partial charge in [0.05, 0.1) is 5.39 Å². The number of rotatable bonds is 6. The predicted molar refractivity (Wildman–Crippen MR) is 111 cm³/mol. The van der Waals surface area contributed by atoms with Gasteiger partial charge in [0.2, 0.25) is 0 Å². The Bertz CT molecular complexity index is 951. The summed E-state index contributed by atoms with van der Waals surface area (Å²) in [5, 5.41) is 8.06. The van der Waals surface area contributed by atoms with Crippen molar-refractivity contribution >= 4 is 22.6 Å². The summed E-state index contributed by atoms with van der Waals surface area (Å²) in [4.78, 5) is 37.6. The monoisotopic (exact) mass is 399 g/mol.